The Morgan fingerprint density at radius 2 is 1.68 bits per heavy atom. The maximum atomic E-state index is 14.1. The first kappa shape index (κ1) is 28.4. The van der Waals surface area contributed by atoms with Crippen LogP contribution < -0.4 is 0 Å². The number of para-hydroxylation sites is 1. The number of rotatable bonds is 8. The van der Waals surface area contributed by atoms with E-state index in [2.05, 4.69) is 0 Å². The lowest BCUT2D eigenvalue weighted by molar-refractivity contribution is 0.0732. The third kappa shape index (κ3) is 6.16. The summed E-state index contributed by atoms with van der Waals surface area (Å²) in [7, 11) is -1.86. The number of hydrogen-bond acceptors (Lipinski definition) is 6. The third-order valence-electron chi connectivity index (χ3n) is 7.22. The number of aromatic hydroxyl groups is 2. The number of benzene rings is 3. The quantitative estimate of drug-likeness (QED) is 0.367. The van der Waals surface area contributed by atoms with Crippen molar-refractivity contribution in [3.8, 4) is 11.5 Å². The number of ketones is 1. The van der Waals surface area contributed by atoms with E-state index in [1.54, 1.807) is 36.4 Å². The number of halogens is 2. The van der Waals surface area contributed by atoms with Crippen molar-refractivity contribution in [1.29, 1.82) is 0 Å². The minimum atomic E-state index is -3.38. The van der Waals surface area contributed by atoms with Gasteiger partial charge in [0, 0.05) is 56.5 Å². The number of likely N-dealkylation sites (tertiary alicyclic amines) is 1. The maximum Gasteiger partial charge on any atom is 0.210 e. The molecular formula is C28H30Cl2N2O5S. The molecule has 1 fully saturated rings. The molecule has 2 N–H and O–H groups in total. The molecule has 0 amide bonds. The third-order valence-corrected chi connectivity index (χ3v) is 9.37. The van der Waals surface area contributed by atoms with E-state index < -0.39 is 21.9 Å². The molecule has 0 aliphatic carbocycles. The molecule has 38 heavy (non-hydrogen) atoms. The minimum absolute atomic E-state index is 0.0205. The van der Waals surface area contributed by atoms with Crippen LogP contribution in [0, 0.1) is 5.92 Å². The summed E-state index contributed by atoms with van der Waals surface area (Å²) in [4.78, 5) is 16.1. The van der Waals surface area contributed by atoms with E-state index in [-0.39, 0.29) is 29.7 Å². The van der Waals surface area contributed by atoms with Gasteiger partial charge in [-0.15, -0.1) is 0 Å². The zero-order chi connectivity index (χ0) is 27.6. The summed E-state index contributed by atoms with van der Waals surface area (Å²) in [6.45, 7) is 1.39. The molecule has 3 aromatic rings. The molecule has 0 unspecified atom stereocenters. The number of phenolic OH excluding ortho intramolecular Hbond substituents is 2. The van der Waals surface area contributed by atoms with Crippen LogP contribution in [0.5, 0.6) is 11.5 Å². The van der Waals surface area contributed by atoms with Crippen LogP contribution in [0.15, 0.2) is 66.7 Å². The molecule has 4 rings (SSSR count). The fourth-order valence-electron chi connectivity index (χ4n) is 5.19. The van der Waals surface area contributed by atoms with Gasteiger partial charge in [0.15, 0.2) is 5.78 Å². The Balaban J connectivity index is 1.84. The molecule has 7 nitrogen and oxygen atoms in total. The summed E-state index contributed by atoms with van der Waals surface area (Å²) in [5, 5.41) is 21.6. The fourth-order valence-corrected chi connectivity index (χ4v) is 6.04. The molecule has 202 valence electrons. The number of piperidine rings is 1. The Morgan fingerprint density at radius 3 is 2.37 bits per heavy atom. The highest BCUT2D eigenvalue weighted by Gasteiger charge is 2.44. The van der Waals surface area contributed by atoms with Crippen molar-refractivity contribution >= 4 is 39.0 Å². The zero-order valence-electron chi connectivity index (χ0n) is 21.1. The molecule has 1 saturated heterocycles. The summed E-state index contributed by atoms with van der Waals surface area (Å²) in [5.74, 6) is -1.56. The van der Waals surface area contributed by atoms with Gasteiger partial charge in [-0.2, -0.15) is 0 Å². The lowest BCUT2D eigenvalue weighted by atomic mass is 9.68. The molecule has 0 aromatic heterocycles. The van der Waals surface area contributed by atoms with E-state index in [1.165, 1.54) is 23.5 Å². The van der Waals surface area contributed by atoms with Crippen LogP contribution in [-0.2, 0) is 10.0 Å². The molecular weight excluding hydrogens is 547 g/mol. The average molecular weight is 578 g/mol. The first-order chi connectivity index (χ1) is 18.0. The second-order valence-corrected chi connectivity index (χ2v) is 12.6. The number of Topliss-reactive ketones (excluding diaryl/α,β-unsaturated/α-hetero) is 1. The molecule has 0 spiro atoms. The number of nitrogens with zero attached hydrogens (tertiary/aromatic N) is 2. The van der Waals surface area contributed by atoms with Crippen LogP contribution in [0.4, 0.5) is 0 Å². The molecule has 0 saturated carbocycles. The Kier molecular flexibility index (Phi) is 8.69. The van der Waals surface area contributed by atoms with Gasteiger partial charge in [0.25, 0.3) is 0 Å². The zero-order valence-corrected chi connectivity index (χ0v) is 23.4. The van der Waals surface area contributed by atoms with Crippen molar-refractivity contribution in [3.05, 3.63) is 93.5 Å². The van der Waals surface area contributed by atoms with Gasteiger partial charge in [0.1, 0.15) is 11.5 Å². The lowest BCUT2D eigenvalue weighted by Crippen LogP contribution is -2.49. The fraction of sp³-hybridized carbons (Fsp3) is 0.321. The van der Waals surface area contributed by atoms with Crippen molar-refractivity contribution in [1.82, 2.24) is 9.21 Å². The normalized spacial score (nSPS) is 20.5. The highest BCUT2D eigenvalue weighted by Crippen LogP contribution is 2.49. The smallest absolute Gasteiger partial charge is 0.210 e. The Labute approximate surface area is 233 Å². The maximum absolute atomic E-state index is 14.1. The van der Waals surface area contributed by atoms with Crippen LogP contribution in [0.2, 0.25) is 10.0 Å². The number of phenols is 2. The largest absolute Gasteiger partial charge is 0.508 e. The van der Waals surface area contributed by atoms with E-state index in [9.17, 15) is 23.4 Å². The predicted molar refractivity (Wildman–Crippen MR) is 150 cm³/mol. The number of sulfonamides is 1. The van der Waals surface area contributed by atoms with Gasteiger partial charge in [-0.3, -0.25) is 4.79 Å². The van der Waals surface area contributed by atoms with Crippen LogP contribution >= 0.6 is 23.2 Å². The van der Waals surface area contributed by atoms with Crippen LogP contribution in [0.1, 0.15) is 33.3 Å². The van der Waals surface area contributed by atoms with Crippen molar-refractivity contribution in [3.63, 3.8) is 0 Å². The molecule has 0 bridgehead atoms. The van der Waals surface area contributed by atoms with E-state index in [4.69, 9.17) is 23.2 Å². The first-order valence-corrected chi connectivity index (χ1v) is 14.8. The highest BCUT2D eigenvalue weighted by atomic mass is 35.5. The molecule has 1 aliphatic heterocycles. The number of carbonyl (C=O) groups excluding carboxylic acids is 1. The number of hydrogen-bond donors (Lipinski definition) is 2. The summed E-state index contributed by atoms with van der Waals surface area (Å²) in [6, 6.07) is 18.5. The van der Waals surface area contributed by atoms with Crippen molar-refractivity contribution in [2.75, 3.05) is 39.5 Å². The monoisotopic (exact) mass is 576 g/mol. The van der Waals surface area contributed by atoms with Gasteiger partial charge >= 0.3 is 0 Å². The first-order valence-electron chi connectivity index (χ1n) is 12.2. The van der Waals surface area contributed by atoms with Crippen LogP contribution in [0.3, 0.4) is 0 Å². The number of likely N-dealkylation sites (N-methyl/N-ethyl adjacent to an activating group) is 1. The van der Waals surface area contributed by atoms with E-state index in [0.717, 1.165) is 6.26 Å². The van der Waals surface area contributed by atoms with Crippen molar-refractivity contribution in [2.45, 2.75) is 11.8 Å². The summed E-state index contributed by atoms with van der Waals surface area (Å²) >= 11 is 13.1. The molecule has 1 heterocycles. The highest BCUT2D eigenvalue weighted by molar-refractivity contribution is 7.88. The molecule has 1 aliphatic rings. The van der Waals surface area contributed by atoms with Gasteiger partial charge in [0.2, 0.25) is 10.0 Å². The van der Waals surface area contributed by atoms with Gasteiger partial charge in [0.05, 0.1) is 16.3 Å². The Hall–Kier alpha value is -2.62. The Morgan fingerprint density at radius 1 is 1.00 bits per heavy atom. The Bertz CT molecular complexity index is 1430. The standard InChI is InChI=1S/C28H30Cl2N2O5S/c1-31(38(2,36)37)13-14-32-16-22(20-9-3-4-12-25(20)34)26(21-10-6-11-24(29)27(21)30)23(17-32)28(35)18-7-5-8-19(33)15-18/h3-12,15,22-23,26,33-34H,13-14,16-17H2,1-2H3/t22-,23+,26-/m1/s1. The van der Waals surface area contributed by atoms with Crippen LogP contribution in [-0.4, -0.2) is 73.1 Å². The minimum Gasteiger partial charge on any atom is -0.508 e. The topological polar surface area (TPSA) is 98.2 Å². The molecule has 3 aromatic carbocycles. The van der Waals surface area contributed by atoms with Gasteiger partial charge < -0.3 is 15.1 Å². The van der Waals surface area contributed by atoms with E-state index in [1.807, 2.05) is 23.1 Å². The molecule has 3 atom stereocenters. The lowest BCUT2D eigenvalue weighted by Gasteiger charge is -2.44. The average Bonchev–Trinajstić information content (AvgIpc) is 2.88. The van der Waals surface area contributed by atoms with Gasteiger partial charge in [-0.1, -0.05) is 65.7 Å². The van der Waals surface area contributed by atoms with Gasteiger partial charge in [-0.05, 0) is 35.4 Å². The summed E-state index contributed by atoms with van der Waals surface area (Å²) in [5.41, 5.74) is 1.70. The van der Waals surface area contributed by atoms with E-state index in [0.29, 0.717) is 46.4 Å². The SMILES string of the molecule is CN(CCN1C[C@H](C(=O)c2cccc(O)c2)[C@H](c2cccc(Cl)c2Cl)[C@@H](c2ccccc2O)C1)S(C)(=O)=O. The van der Waals surface area contributed by atoms with Crippen molar-refractivity contribution < 1.29 is 23.4 Å². The molecule has 10 heteroatoms. The van der Waals surface area contributed by atoms with Gasteiger partial charge in [-0.25, -0.2) is 12.7 Å². The second-order valence-electron chi connectivity index (χ2n) is 9.70. The molecule has 0 radical (unpaired) electrons. The predicted octanol–water partition coefficient (Wildman–Crippen LogP) is 4.98. The number of carbonyl (C=O) groups is 1. The second kappa shape index (κ2) is 11.6. The van der Waals surface area contributed by atoms with Crippen molar-refractivity contribution in [2.24, 2.45) is 5.92 Å². The summed E-state index contributed by atoms with van der Waals surface area (Å²) < 4.78 is 25.3. The summed E-state index contributed by atoms with van der Waals surface area (Å²) in [6.07, 6.45) is 1.15. The van der Waals surface area contributed by atoms with E-state index >= 15 is 0 Å². The van der Waals surface area contributed by atoms with Crippen LogP contribution in [0.25, 0.3) is 0 Å².